The van der Waals surface area contributed by atoms with Crippen LogP contribution in [0.2, 0.25) is 5.15 Å². The fraction of sp³-hybridized carbons (Fsp3) is 0.538. The number of aryl methyl sites for hydroxylation is 1. The first-order valence-corrected chi connectivity index (χ1v) is 12.6. The van der Waals surface area contributed by atoms with Gasteiger partial charge in [0.15, 0.2) is 5.78 Å². The minimum absolute atomic E-state index is 0.0547. The fourth-order valence-electron chi connectivity index (χ4n) is 5.76. The lowest BCUT2D eigenvalue weighted by Gasteiger charge is -2.44. The van der Waals surface area contributed by atoms with E-state index in [1.807, 2.05) is 18.2 Å². The summed E-state index contributed by atoms with van der Waals surface area (Å²) in [5.41, 5.74) is 2.57. The number of benzene rings is 1. The van der Waals surface area contributed by atoms with Gasteiger partial charge >= 0.3 is 0 Å². The SMILES string of the molecule is O=C(C1CCCCC1)C(C1CCc2ccccc2N1)N1CCN(c2cccc(Cl)n2)CC1. The molecule has 1 saturated carbocycles. The van der Waals surface area contributed by atoms with Gasteiger partial charge in [0, 0.05) is 43.8 Å². The summed E-state index contributed by atoms with van der Waals surface area (Å²) in [6.45, 7) is 3.48. The molecule has 2 unspecified atom stereocenters. The number of hydrogen-bond acceptors (Lipinski definition) is 5. The molecule has 5 nitrogen and oxygen atoms in total. The number of ketones is 1. The summed E-state index contributed by atoms with van der Waals surface area (Å²) in [4.78, 5) is 23.1. The first-order valence-electron chi connectivity index (χ1n) is 12.2. The second kappa shape index (κ2) is 9.80. The first-order chi connectivity index (χ1) is 15.7. The summed E-state index contributed by atoms with van der Waals surface area (Å²) in [6.07, 6.45) is 7.83. The third-order valence-corrected chi connectivity index (χ3v) is 7.71. The molecule has 0 amide bonds. The number of para-hydroxylation sites is 1. The van der Waals surface area contributed by atoms with Crippen molar-refractivity contribution in [2.75, 3.05) is 36.4 Å². The Labute approximate surface area is 196 Å². The highest BCUT2D eigenvalue weighted by Crippen LogP contribution is 2.32. The molecule has 1 saturated heterocycles. The maximum atomic E-state index is 13.9. The molecule has 3 aliphatic rings. The molecule has 2 aromatic rings. The highest BCUT2D eigenvalue weighted by Gasteiger charge is 2.40. The first kappa shape index (κ1) is 21.7. The Bertz CT molecular complexity index is 937. The van der Waals surface area contributed by atoms with Crippen molar-refractivity contribution in [3.8, 4) is 0 Å². The van der Waals surface area contributed by atoms with E-state index in [1.165, 1.54) is 30.5 Å². The maximum absolute atomic E-state index is 13.9. The third-order valence-electron chi connectivity index (χ3n) is 7.50. The molecule has 5 rings (SSSR count). The lowest BCUT2D eigenvalue weighted by Crippen LogP contribution is -2.60. The summed E-state index contributed by atoms with van der Waals surface area (Å²) in [6, 6.07) is 14.5. The molecule has 170 valence electrons. The van der Waals surface area contributed by atoms with Crippen molar-refractivity contribution in [2.24, 2.45) is 5.92 Å². The molecule has 32 heavy (non-hydrogen) atoms. The zero-order valence-electron chi connectivity index (χ0n) is 18.7. The second-order valence-electron chi connectivity index (χ2n) is 9.47. The Morgan fingerprint density at radius 2 is 1.75 bits per heavy atom. The van der Waals surface area contributed by atoms with E-state index in [9.17, 15) is 4.79 Å². The average molecular weight is 453 g/mol. The van der Waals surface area contributed by atoms with Crippen molar-refractivity contribution in [3.63, 3.8) is 0 Å². The van der Waals surface area contributed by atoms with E-state index >= 15 is 0 Å². The average Bonchev–Trinajstić information content (AvgIpc) is 2.85. The number of rotatable bonds is 5. The van der Waals surface area contributed by atoms with Crippen molar-refractivity contribution in [3.05, 3.63) is 53.2 Å². The van der Waals surface area contributed by atoms with Crippen LogP contribution in [-0.2, 0) is 11.2 Å². The highest BCUT2D eigenvalue weighted by molar-refractivity contribution is 6.29. The van der Waals surface area contributed by atoms with Crippen molar-refractivity contribution in [1.82, 2.24) is 9.88 Å². The Hall–Kier alpha value is -2.11. The summed E-state index contributed by atoms with van der Waals surface area (Å²) in [5.74, 6) is 1.62. The Morgan fingerprint density at radius 1 is 0.969 bits per heavy atom. The number of hydrogen-bond donors (Lipinski definition) is 1. The predicted molar refractivity (Wildman–Crippen MR) is 131 cm³/mol. The number of aromatic nitrogens is 1. The third kappa shape index (κ3) is 4.65. The topological polar surface area (TPSA) is 48.5 Å². The molecule has 2 atom stereocenters. The van der Waals surface area contributed by atoms with Crippen LogP contribution >= 0.6 is 11.6 Å². The molecule has 2 fully saturated rings. The molecule has 1 aromatic heterocycles. The van der Waals surface area contributed by atoms with Gasteiger partial charge in [0.25, 0.3) is 0 Å². The van der Waals surface area contributed by atoms with Crippen LogP contribution in [0, 0.1) is 5.92 Å². The van der Waals surface area contributed by atoms with Gasteiger partial charge < -0.3 is 10.2 Å². The summed E-state index contributed by atoms with van der Waals surface area (Å²) < 4.78 is 0. The van der Waals surface area contributed by atoms with Gasteiger partial charge in [-0.25, -0.2) is 4.98 Å². The van der Waals surface area contributed by atoms with Gasteiger partial charge in [0.05, 0.1) is 6.04 Å². The summed E-state index contributed by atoms with van der Waals surface area (Å²) in [5, 5.41) is 4.29. The quantitative estimate of drug-likeness (QED) is 0.660. The molecular weight excluding hydrogens is 420 g/mol. The van der Waals surface area contributed by atoms with Crippen molar-refractivity contribution >= 4 is 28.9 Å². The van der Waals surface area contributed by atoms with E-state index in [1.54, 1.807) is 0 Å². The standard InChI is InChI=1S/C26H33ClN4O/c27-23-11-6-12-24(29-23)30-15-17-31(18-16-30)25(26(32)20-8-2-1-3-9-20)22-14-13-19-7-4-5-10-21(19)28-22/h4-7,10-12,20,22,25,28H,1-3,8-9,13-18H2. The van der Waals surface area contributed by atoms with Gasteiger partial charge in [0.1, 0.15) is 11.0 Å². The second-order valence-corrected chi connectivity index (χ2v) is 9.86. The number of nitrogens with one attached hydrogen (secondary N) is 1. The van der Waals surface area contributed by atoms with Crippen LogP contribution in [0.4, 0.5) is 11.5 Å². The van der Waals surface area contributed by atoms with Crippen molar-refractivity contribution in [2.45, 2.75) is 57.0 Å². The van der Waals surface area contributed by atoms with E-state index in [2.05, 4.69) is 44.4 Å². The van der Waals surface area contributed by atoms with Crippen LogP contribution in [0.1, 0.15) is 44.1 Å². The fourth-order valence-corrected chi connectivity index (χ4v) is 5.92. The zero-order valence-corrected chi connectivity index (χ0v) is 19.4. The minimum atomic E-state index is -0.0547. The molecular formula is C26H33ClN4O. The van der Waals surface area contributed by atoms with E-state index in [4.69, 9.17) is 11.6 Å². The summed E-state index contributed by atoms with van der Waals surface area (Å²) >= 11 is 6.11. The molecule has 0 radical (unpaired) electrons. The van der Waals surface area contributed by atoms with E-state index < -0.39 is 0 Å². The normalized spacial score (nSPS) is 23.3. The van der Waals surface area contributed by atoms with Gasteiger partial charge in [-0.2, -0.15) is 0 Å². The van der Waals surface area contributed by atoms with Crippen LogP contribution in [0.5, 0.6) is 0 Å². The van der Waals surface area contributed by atoms with Gasteiger partial charge in [-0.05, 0) is 49.4 Å². The van der Waals surface area contributed by atoms with Crippen LogP contribution in [0.15, 0.2) is 42.5 Å². The molecule has 1 aromatic carbocycles. The van der Waals surface area contributed by atoms with Crippen LogP contribution < -0.4 is 10.2 Å². The summed E-state index contributed by atoms with van der Waals surface area (Å²) in [7, 11) is 0. The molecule has 1 aliphatic carbocycles. The number of Topliss-reactive ketones (excluding diaryl/α,β-unsaturated/α-hetero) is 1. The Morgan fingerprint density at radius 3 is 2.53 bits per heavy atom. The molecule has 0 spiro atoms. The number of anilines is 2. The largest absolute Gasteiger partial charge is 0.380 e. The molecule has 3 heterocycles. The number of nitrogens with zero attached hydrogens (tertiary/aromatic N) is 3. The van der Waals surface area contributed by atoms with Gasteiger partial charge in [0.2, 0.25) is 0 Å². The van der Waals surface area contributed by atoms with E-state index in [0.29, 0.717) is 10.9 Å². The van der Waals surface area contributed by atoms with E-state index in [0.717, 1.165) is 57.7 Å². The molecule has 6 heteroatoms. The van der Waals surface area contributed by atoms with Gasteiger partial charge in [-0.15, -0.1) is 0 Å². The number of fused-ring (bicyclic) bond motifs is 1. The monoisotopic (exact) mass is 452 g/mol. The van der Waals surface area contributed by atoms with E-state index in [-0.39, 0.29) is 18.0 Å². The number of carbonyl (C=O) groups excluding carboxylic acids is 1. The van der Waals surface area contributed by atoms with Crippen molar-refractivity contribution < 1.29 is 4.79 Å². The predicted octanol–water partition coefficient (Wildman–Crippen LogP) is 4.80. The smallest absolute Gasteiger partial charge is 0.155 e. The Kier molecular flexibility index (Phi) is 6.65. The lowest BCUT2D eigenvalue weighted by atomic mass is 9.80. The molecule has 1 N–H and O–H groups in total. The number of piperazine rings is 1. The Balaban J connectivity index is 1.34. The number of carbonyl (C=O) groups is 1. The number of pyridine rings is 1. The van der Waals surface area contributed by atoms with Crippen LogP contribution in [-0.4, -0.2) is 53.9 Å². The molecule has 2 aliphatic heterocycles. The molecule has 0 bridgehead atoms. The van der Waals surface area contributed by atoms with Crippen molar-refractivity contribution in [1.29, 1.82) is 0 Å². The number of halogens is 1. The minimum Gasteiger partial charge on any atom is -0.380 e. The highest BCUT2D eigenvalue weighted by atomic mass is 35.5. The van der Waals surface area contributed by atoms with Gasteiger partial charge in [-0.1, -0.05) is 55.1 Å². The van der Waals surface area contributed by atoms with Crippen LogP contribution in [0.3, 0.4) is 0 Å². The lowest BCUT2D eigenvalue weighted by molar-refractivity contribution is -0.130. The van der Waals surface area contributed by atoms with Gasteiger partial charge in [-0.3, -0.25) is 9.69 Å². The van der Waals surface area contributed by atoms with Crippen LogP contribution in [0.25, 0.3) is 0 Å². The maximum Gasteiger partial charge on any atom is 0.155 e. The zero-order chi connectivity index (χ0) is 21.9.